The van der Waals surface area contributed by atoms with E-state index in [0.29, 0.717) is 12.5 Å². The van der Waals surface area contributed by atoms with Gasteiger partial charge in [0.25, 0.3) is 0 Å². The number of ether oxygens (including phenoxy) is 1. The zero-order valence-corrected chi connectivity index (χ0v) is 16.1. The summed E-state index contributed by atoms with van der Waals surface area (Å²) in [5, 5.41) is 8.79. The van der Waals surface area contributed by atoms with Crippen LogP contribution in [-0.4, -0.2) is 17.7 Å². The molecule has 1 aromatic carbocycles. The first-order valence-electron chi connectivity index (χ1n) is 8.20. The largest absolute Gasteiger partial charge is 0.491 e. The monoisotopic (exact) mass is 390 g/mol. The fourth-order valence-corrected chi connectivity index (χ4v) is 4.00. The molecule has 0 unspecified atom stereocenters. The summed E-state index contributed by atoms with van der Waals surface area (Å²) >= 11 is 3.66. The maximum Gasteiger partial charge on any atom is 0.328 e. The van der Waals surface area contributed by atoms with Crippen molar-refractivity contribution in [3.8, 4) is 5.75 Å². The Bertz CT molecular complexity index is 760. The minimum Gasteiger partial charge on any atom is -0.491 e. The van der Waals surface area contributed by atoms with Crippen LogP contribution in [0.25, 0.3) is 0 Å². The Morgan fingerprint density at radius 2 is 2.08 bits per heavy atom. The highest BCUT2D eigenvalue weighted by Crippen LogP contribution is 2.57. The number of halogens is 1. The molecule has 0 amide bonds. The molecule has 1 heterocycles. The average molecular weight is 391 g/mol. The standard InChI is InChI=1S/C20H23BrO3/c1-12(7-17(22)23)5-6-13-10-20(13,4)14-8-15-18(16(21)9-14)24-11-19(15,2)3/h5-9,13H,10-11H2,1-4H3,(H,22,23)/b6-5+,12-7+/t13-,20+/m1/s1. The minimum atomic E-state index is -0.902. The van der Waals surface area contributed by atoms with Crippen molar-refractivity contribution in [3.63, 3.8) is 0 Å². The van der Waals surface area contributed by atoms with Gasteiger partial charge in [0.15, 0.2) is 0 Å². The Morgan fingerprint density at radius 3 is 2.75 bits per heavy atom. The molecule has 0 aromatic heterocycles. The molecule has 0 radical (unpaired) electrons. The number of aliphatic carboxylic acids is 1. The molecular formula is C20H23BrO3. The van der Waals surface area contributed by atoms with Crippen molar-refractivity contribution in [2.45, 2.75) is 44.9 Å². The van der Waals surface area contributed by atoms with Crippen LogP contribution in [0.1, 0.15) is 45.2 Å². The van der Waals surface area contributed by atoms with Gasteiger partial charge in [-0.1, -0.05) is 39.0 Å². The predicted molar refractivity (Wildman–Crippen MR) is 98.7 cm³/mol. The second-order valence-corrected chi connectivity index (χ2v) is 8.68. The van der Waals surface area contributed by atoms with E-state index in [9.17, 15) is 4.79 Å². The summed E-state index contributed by atoms with van der Waals surface area (Å²) in [5.74, 6) is 0.505. The first-order chi connectivity index (χ1) is 11.1. The van der Waals surface area contributed by atoms with Gasteiger partial charge in [-0.05, 0) is 57.8 Å². The van der Waals surface area contributed by atoms with Gasteiger partial charge in [0.2, 0.25) is 0 Å². The molecule has 1 aliphatic heterocycles. The maximum atomic E-state index is 10.7. The summed E-state index contributed by atoms with van der Waals surface area (Å²) in [6.07, 6.45) is 6.37. The van der Waals surface area contributed by atoms with Gasteiger partial charge in [0, 0.05) is 17.1 Å². The number of benzene rings is 1. The number of hydrogen-bond acceptors (Lipinski definition) is 2. The van der Waals surface area contributed by atoms with Crippen molar-refractivity contribution in [3.05, 3.63) is 51.5 Å². The molecule has 0 saturated heterocycles. The lowest BCUT2D eigenvalue weighted by atomic mass is 9.83. The predicted octanol–water partition coefficient (Wildman–Crippen LogP) is 4.98. The zero-order chi connectivity index (χ0) is 17.7. The molecule has 1 N–H and O–H groups in total. The topological polar surface area (TPSA) is 46.5 Å². The molecule has 0 spiro atoms. The Kier molecular flexibility index (Phi) is 4.15. The van der Waals surface area contributed by atoms with Crippen LogP contribution in [-0.2, 0) is 15.6 Å². The van der Waals surface area contributed by atoms with E-state index < -0.39 is 5.97 Å². The van der Waals surface area contributed by atoms with Gasteiger partial charge in [-0.3, -0.25) is 0 Å². The maximum absolute atomic E-state index is 10.7. The first-order valence-corrected chi connectivity index (χ1v) is 8.99. The number of allylic oxidation sites excluding steroid dienone is 3. The molecule has 1 aliphatic carbocycles. The van der Waals surface area contributed by atoms with E-state index in [-0.39, 0.29) is 10.8 Å². The second kappa shape index (κ2) is 5.76. The van der Waals surface area contributed by atoms with Gasteiger partial charge >= 0.3 is 5.97 Å². The van der Waals surface area contributed by atoms with Crippen LogP contribution < -0.4 is 4.74 Å². The van der Waals surface area contributed by atoms with Crippen LogP contribution in [0.2, 0.25) is 0 Å². The molecule has 1 saturated carbocycles. The fraction of sp³-hybridized carbons (Fsp3) is 0.450. The highest BCUT2D eigenvalue weighted by Gasteiger charge is 2.50. The summed E-state index contributed by atoms with van der Waals surface area (Å²) in [6, 6.07) is 4.47. The Hall–Kier alpha value is -1.55. The molecule has 128 valence electrons. The first kappa shape index (κ1) is 17.3. The molecule has 1 fully saturated rings. The Morgan fingerprint density at radius 1 is 1.38 bits per heavy atom. The molecule has 2 aliphatic rings. The van der Waals surface area contributed by atoms with Gasteiger partial charge in [-0.15, -0.1) is 0 Å². The van der Waals surface area contributed by atoms with E-state index >= 15 is 0 Å². The van der Waals surface area contributed by atoms with Gasteiger partial charge in [0.05, 0.1) is 11.1 Å². The number of carboxylic acid groups (broad SMARTS) is 1. The second-order valence-electron chi connectivity index (χ2n) is 7.82. The molecule has 2 atom stereocenters. The number of carbonyl (C=O) groups is 1. The molecular weight excluding hydrogens is 368 g/mol. The van der Waals surface area contributed by atoms with E-state index in [1.807, 2.05) is 13.0 Å². The van der Waals surface area contributed by atoms with E-state index in [1.54, 1.807) is 0 Å². The van der Waals surface area contributed by atoms with Crippen molar-refractivity contribution in [2.75, 3.05) is 6.61 Å². The van der Waals surface area contributed by atoms with Crippen molar-refractivity contribution in [1.82, 2.24) is 0 Å². The smallest absolute Gasteiger partial charge is 0.328 e. The van der Waals surface area contributed by atoms with Gasteiger partial charge in [-0.2, -0.15) is 0 Å². The number of hydrogen-bond donors (Lipinski definition) is 1. The van der Waals surface area contributed by atoms with Crippen LogP contribution >= 0.6 is 15.9 Å². The molecule has 3 nitrogen and oxygen atoms in total. The van der Waals surface area contributed by atoms with Crippen molar-refractivity contribution in [1.29, 1.82) is 0 Å². The summed E-state index contributed by atoms with van der Waals surface area (Å²) in [7, 11) is 0. The summed E-state index contributed by atoms with van der Waals surface area (Å²) < 4.78 is 6.88. The molecule has 1 aromatic rings. The minimum absolute atomic E-state index is 0.0330. The summed E-state index contributed by atoms with van der Waals surface area (Å²) in [4.78, 5) is 10.7. The van der Waals surface area contributed by atoms with Crippen LogP contribution in [0.3, 0.4) is 0 Å². The van der Waals surface area contributed by atoms with Crippen LogP contribution in [0.5, 0.6) is 5.75 Å². The lowest BCUT2D eigenvalue weighted by molar-refractivity contribution is -0.131. The van der Waals surface area contributed by atoms with Gasteiger partial charge < -0.3 is 9.84 Å². The van der Waals surface area contributed by atoms with Crippen molar-refractivity contribution < 1.29 is 14.6 Å². The third-order valence-corrected chi connectivity index (χ3v) is 5.84. The Labute approximate surface area is 151 Å². The molecule has 3 rings (SSSR count). The van der Waals surface area contributed by atoms with Crippen LogP contribution in [0.4, 0.5) is 0 Å². The van der Waals surface area contributed by atoms with E-state index in [0.717, 1.165) is 22.2 Å². The van der Waals surface area contributed by atoms with E-state index in [4.69, 9.17) is 9.84 Å². The van der Waals surface area contributed by atoms with E-state index in [1.165, 1.54) is 17.2 Å². The normalized spacial score (nSPS) is 27.9. The third-order valence-electron chi connectivity index (χ3n) is 5.25. The van der Waals surface area contributed by atoms with E-state index in [2.05, 4.69) is 54.9 Å². The van der Waals surface area contributed by atoms with Gasteiger partial charge in [-0.25, -0.2) is 4.79 Å². The number of fused-ring (bicyclic) bond motifs is 1. The molecule has 0 bridgehead atoms. The van der Waals surface area contributed by atoms with Gasteiger partial charge in [0.1, 0.15) is 5.75 Å². The molecule has 24 heavy (non-hydrogen) atoms. The number of rotatable bonds is 4. The third kappa shape index (κ3) is 3.04. The lowest BCUT2D eigenvalue weighted by Gasteiger charge is -2.19. The highest BCUT2D eigenvalue weighted by atomic mass is 79.9. The fourth-order valence-electron chi connectivity index (χ4n) is 3.42. The molecule has 4 heteroatoms. The summed E-state index contributed by atoms with van der Waals surface area (Å²) in [5.41, 5.74) is 3.49. The quantitative estimate of drug-likeness (QED) is 0.582. The average Bonchev–Trinajstić information content (AvgIpc) is 3.04. The zero-order valence-electron chi connectivity index (χ0n) is 14.5. The highest BCUT2D eigenvalue weighted by molar-refractivity contribution is 9.10. The van der Waals surface area contributed by atoms with Crippen LogP contribution in [0, 0.1) is 5.92 Å². The van der Waals surface area contributed by atoms with Crippen LogP contribution in [0.15, 0.2) is 40.4 Å². The van der Waals surface area contributed by atoms with Crippen molar-refractivity contribution in [2.24, 2.45) is 5.92 Å². The lowest BCUT2D eigenvalue weighted by Crippen LogP contribution is -2.18. The van der Waals surface area contributed by atoms with Crippen molar-refractivity contribution >= 4 is 21.9 Å². The Balaban J connectivity index is 1.85. The summed E-state index contributed by atoms with van der Waals surface area (Å²) in [6.45, 7) is 9.22. The SMILES string of the molecule is CC(/C=C/[C@@H]1C[C@]1(C)c1cc(Br)c2c(c1)C(C)(C)CO2)=C\C(=O)O. The number of carboxylic acids is 1.